The van der Waals surface area contributed by atoms with Crippen LogP contribution in [0.1, 0.15) is 18.4 Å². The summed E-state index contributed by atoms with van der Waals surface area (Å²) in [5.41, 5.74) is 7.71. The van der Waals surface area contributed by atoms with Crippen molar-refractivity contribution < 1.29 is 9.59 Å². The van der Waals surface area contributed by atoms with E-state index >= 15 is 0 Å². The smallest absolute Gasteiger partial charge is 0.245 e. The topological polar surface area (TPSA) is 82.3 Å². The number of carbonyl (C=O) groups excluding carboxylic acids is 2. The summed E-state index contributed by atoms with van der Waals surface area (Å²) in [7, 11) is 0. The van der Waals surface area contributed by atoms with Crippen molar-refractivity contribution in [2.75, 3.05) is 10.6 Å². The molecule has 0 aliphatic heterocycles. The second-order valence-corrected chi connectivity index (χ2v) is 7.28. The number of thiocarbonyl (C=S) groups is 1. The summed E-state index contributed by atoms with van der Waals surface area (Å²) in [4.78, 5) is 23.9. The van der Waals surface area contributed by atoms with Crippen molar-refractivity contribution in [1.29, 1.82) is 0 Å². The molecule has 0 bridgehead atoms. The number of rotatable bonds is 8. The van der Waals surface area contributed by atoms with E-state index in [0.717, 1.165) is 16.9 Å². The highest BCUT2D eigenvalue weighted by molar-refractivity contribution is 7.81. The average molecular weight is 435 g/mol. The predicted molar refractivity (Wildman–Crippen MR) is 124 cm³/mol. The number of hydrogen-bond donors (Lipinski definition) is 6. The van der Waals surface area contributed by atoms with E-state index in [-0.39, 0.29) is 29.1 Å². The van der Waals surface area contributed by atoms with Crippen LogP contribution in [0, 0.1) is 0 Å². The molecule has 1 unspecified atom stereocenters. The van der Waals surface area contributed by atoms with Gasteiger partial charge >= 0.3 is 0 Å². The summed E-state index contributed by atoms with van der Waals surface area (Å²) in [5.74, 6) is -0.0510. The number of hydrogen-bond acceptors (Lipinski definition) is 6. The first-order chi connectivity index (χ1) is 13.5. The number of Topliss-reactive ketones (excluding diaryl/α,β-unsaturated/α-hetero) is 1. The van der Waals surface area contributed by atoms with E-state index in [1.165, 1.54) is 0 Å². The fraction of sp³-hybridized carbons (Fsp3) is 0.211. The normalized spacial score (nSPS) is 11.2. The van der Waals surface area contributed by atoms with Gasteiger partial charge in [0.25, 0.3) is 0 Å². The van der Waals surface area contributed by atoms with Crippen LogP contribution in [0.15, 0.2) is 54.6 Å². The van der Waals surface area contributed by atoms with Gasteiger partial charge in [-0.25, -0.2) is 0 Å². The highest BCUT2D eigenvalue weighted by Gasteiger charge is 2.14. The Bertz CT molecular complexity index is 801. The largest absolute Gasteiger partial charge is 0.373 e. The molecular formula is C19H22N4O2S3. The third-order valence-corrected chi connectivity index (χ3v) is 4.48. The van der Waals surface area contributed by atoms with Crippen LogP contribution in [-0.2, 0) is 15.3 Å². The van der Waals surface area contributed by atoms with Gasteiger partial charge in [0.05, 0.1) is 11.8 Å². The van der Waals surface area contributed by atoms with Crippen LogP contribution in [0.4, 0.5) is 11.4 Å². The lowest BCUT2D eigenvalue weighted by Gasteiger charge is -2.14. The van der Waals surface area contributed by atoms with E-state index in [4.69, 9.17) is 12.2 Å². The van der Waals surface area contributed by atoms with Crippen LogP contribution < -0.4 is 21.5 Å². The van der Waals surface area contributed by atoms with Gasteiger partial charge in [-0.1, -0.05) is 30.3 Å². The second-order valence-electron chi connectivity index (χ2n) is 5.93. The Labute approximate surface area is 180 Å². The molecule has 28 heavy (non-hydrogen) atoms. The quantitative estimate of drug-likeness (QED) is 0.126. The number of thiol groups is 2. The molecule has 0 aliphatic rings. The summed E-state index contributed by atoms with van der Waals surface area (Å²) >= 11 is 13.7. The standard InChI is InChI=1S/C19H22N4O2S3/c24-16(11-18(27)20-14-4-2-1-3-5-14)10-17(25)22-23-19(28)21-15-8-6-13(12-26)7-9-15/h1-9,18,20,26-27H,10-12H2,(H,22,25)(H2,21,23,28). The van der Waals surface area contributed by atoms with E-state index in [2.05, 4.69) is 46.7 Å². The fourth-order valence-electron chi connectivity index (χ4n) is 2.27. The molecule has 2 aromatic carbocycles. The number of anilines is 2. The second kappa shape index (κ2) is 11.6. The molecule has 4 N–H and O–H groups in total. The zero-order chi connectivity index (χ0) is 20.4. The highest BCUT2D eigenvalue weighted by Crippen LogP contribution is 2.12. The molecule has 0 aliphatic carbocycles. The maximum atomic E-state index is 12.0. The molecule has 0 aromatic heterocycles. The summed E-state index contributed by atoms with van der Waals surface area (Å²) in [5, 5.41) is 5.87. The van der Waals surface area contributed by atoms with Crippen LogP contribution in [0.2, 0.25) is 0 Å². The Hall–Kier alpha value is -2.23. The Balaban J connectivity index is 1.67. The number of carbonyl (C=O) groups is 2. The van der Waals surface area contributed by atoms with Crippen molar-refractivity contribution in [1.82, 2.24) is 10.9 Å². The van der Waals surface area contributed by atoms with E-state index in [1.54, 1.807) is 0 Å². The molecular weight excluding hydrogens is 412 g/mol. The first kappa shape index (κ1) is 22.1. The van der Waals surface area contributed by atoms with Gasteiger partial charge in [-0.3, -0.25) is 20.4 Å². The number of amides is 1. The highest BCUT2D eigenvalue weighted by atomic mass is 32.1. The lowest BCUT2D eigenvalue weighted by atomic mass is 10.2. The van der Waals surface area contributed by atoms with Crippen molar-refractivity contribution in [3.8, 4) is 0 Å². The van der Waals surface area contributed by atoms with Crippen molar-refractivity contribution >= 4 is 65.7 Å². The van der Waals surface area contributed by atoms with Gasteiger partial charge in [-0.2, -0.15) is 25.3 Å². The molecule has 6 nitrogen and oxygen atoms in total. The summed E-state index contributed by atoms with van der Waals surface area (Å²) in [6, 6.07) is 17.0. The molecule has 0 saturated carbocycles. The number of hydrazine groups is 1. The molecule has 1 amide bonds. The van der Waals surface area contributed by atoms with Crippen LogP contribution in [-0.4, -0.2) is 22.2 Å². The van der Waals surface area contributed by atoms with Crippen LogP contribution in [0.5, 0.6) is 0 Å². The molecule has 148 valence electrons. The van der Waals surface area contributed by atoms with E-state index in [9.17, 15) is 9.59 Å². The molecule has 2 rings (SSSR count). The lowest BCUT2D eigenvalue weighted by molar-refractivity contribution is -0.128. The van der Waals surface area contributed by atoms with Gasteiger partial charge < -0.3 is 10.6 Å². The van der Waals surface area contributed by atoms with Crippen LogP contribution >= 0.6 is 37.5 Å². The zero-order valence-corrected chi connectivity index (χ0v) is 17.6. The minimum atomic E-state index is -0.472. The number of nitrogens with one attached hydrogen (secondary N) is 4. The van der Waals surface area contributed by atoms with Crippen molar-refractivity contribution in [2.24, 2.45) is 0 Å². The summed E-state index contributed by atoms with van der Waals surface area (Å²) < 4.78 is 0. The predicted octanol–water partition coefficient (Wildman–Crippen LogP) is 3.15. The number of para-hydroxylation sites is 1. The fourth-order valence-corrected chi connectivity index (χ4v) is 3.00. The third kappa shape index (κ3) is 8.20. The molecule has 9 heteroatoms. The van der Waals surface area contributed by atoms with Crippen LogP contribution in [0.25, 0.3) is 0 Å². The SMILES string of the molecule is O=C(CC(=O)NNC(=S)Nc1ccc(CS)cc1)CC(S)Nc1ccccc1. The van der Waals surface area contributed by atoms with E-state index < -0.39 is 5.91 Å². The average Bonchev–Trinajstić information content (AvgIpc) is 2.67. The first-order valence-corrected chi connectivity index (χ1v) is 10.1. The van der Waals surface area contributed by atoms with Gasteiger partial charge in [0.15, 0.2) is 5.11 Å². The Morgan fingerprint density at radius 2 is 1.64 bits per heavy atom. The van der Waals surface area contributed by atoms with Crippen molar-refractivity contribution in [3.63, 3.8) is 0 Å². The summed E-state index contributed by atoms with van der Waals surface area (Å²) in [6.07, 6.45) is -0.147. The Kier molecular flexibility index (Phi) is 9.12. The van der Waals surface area contributed by atoms with Gasteiger partial charge in [0, 0.05) is 23.5 Å². The Morgan fingerprint density at radius 1 is 0.964 bits per heavy atom. The number of ketones is 1. The van der Waals surface area contributed by atoms with Crippen molar-refractivity contribution in [2.45, 2.75) is 24.0 Å². The number of benzene rings is 2. The third-order valence-electron chi connectivity index (χ3n) is 3.60. The minimum absolute atomic E-state index is 0.117. The van der Waals surface area contributed by atoms with Gasteiger partial charge in [0.1, 0.15) is 5.78 Å². The lowest BCUT2D eigenvalue weighted by Crippen LogP contribution is -2.44. The van der Waals surface area contributed by atoms with E-state index in [1.807, 2.05) is 54.6 Å². The summed E-state index contributed by atoms with van der Waals surface area (Å²) in [6.45, 7) is 0. The van der Waals surface area contributed by atoms with Gasteiger partial charge in [-0.15, -0.1) is 0 Å². The Morgan fingerprint density at radius 3 is 2.29 bits per heavy atom. The van der Waals surface area contributed by atoms with E-state index in [0.29, 0.717) is 5.75 Å². The minimum Gasteiger partial charge on any atom is -0.373 e. The molecule has 0 spiro atoms. The van der Waals surface area contributed by atoms with Crippen molar-refractivity contribution in [3.05, 3.63) is 60.2 Å². The van der Waals surface area contributed by atoms with Crippen LogP contribution in [0.3, 0.4) is 0 Å². The molecule has 1 atom stereocenters. The molecule has 2 aromatic rings. The molecule has 0 heterocycles. The van der Waals surface area contributed by atoms with Gasteiger partial charge in [-0.05, 0) is 42.0 Å². The first-order valence-electron chi connectivity index (χ1n) is 8.53. The zero-order valence-electron chi connectivity index (χ0n) is 15.0. The monoisotopic (exact) mass is 434 g/mol. The maximum Gasteiger partial charge on any atom is 0.245 e. The molecule has 0 radical (unpaired) electrons. The molecule has 0 saturated heterocycles. The molecule has 0 fully saturated rings. The maximum absolute atomic E-state index is 12.0. The van der Waals surface area contributed by atoms with Gasteiger partial charge in [0.2, 0.25) is 5.91 Å².